The lowest BCUT2D eigenvalue weighted by molar-refractivity contribution is 0.219. The molecular formula is C19H21NOS. The minimum Gasteiger partial charge on any atom is -0.384 e. The van der Waals surface area contributed by atoms with Crippen LogP contribution in [-0.2, 0) is 5.75 Å². The van der Waals surface area contributed by atoms with Crippen molar-refractivity contribution in [3.05, 3.63) is 70.8 Å². The number of nitriles is 1. The highest BCUT2D eigenvalue weighted by molar-refractivity contribution is 7.99. The summed E-state index contributed by atoms with van der Waals surface area (Å²) in [6.07, 6.45) is -0.704. The van der Waals surface area contributed by atoms with E-state index in [1.165, 1.54) is 0 Å². The summed E-state index contributed by atoms with van der Waals surface area (Å²) < 4.78 is 0.179. The predicted molar refractivity (Wildman–Crippen MR) is 92.7 cm³/mol. The molecule has 0 radical (unpaired) electrons. The maximum Gasteiger partial charge on any atom is 0.104 e. The fraction of sp³-hybridized carbons (Fsp3) is 0.316. The quantitative estimate of drug-likeness (QED) is 0.892. The first kappa shape index (κ1) is 16.6. The molecule has 0 saturated heterocycles. The molecule has 0 heterocycles. The zero-order chi connectivity index (χ0) is 16.2. The van der Waals surface area contributed by atoms with Gasteiger partial charge in [0.05, 0.1) is 11.6 Å². The molecule has 114 valence electrons. The summed E-state index contributed by atoms with van der Waals surface area (Å²) in [5.74, 6) is 0.856. The van der Waals surface area contributed by atoms with Gasteiger partial charge < -0.3 is 5.11 Å². The van der Waals surface area contributed by atoms with Crippen molar-refractivity contribution in [2.24, 2.45) is 0 Å². The van der Waals surface area contributed by atoms with E-state index >= 15 is 0 Å². The van der Waals surface area contributed by atoms with E-state index in [4.69, 9.17) is 5.26 Å². The lowest BCUT2D eigenvalue weighted by atomic mass is 9.96. The number of aliphatic hydroxyl groups excluding tert-OH is 1. The van der Waals surface area contributed by atoms with Crippen molar-refractivity contribution in [2.45, 2.75) is 37.4 Å². The third kappa shape index (κ3) is 4.37. The predicted octanol–water partition coefficient (Wildman–Crippen LogP) is 4.67. The summed E-state index contributed by atoms with van der Waals surface area (Å²) in [7, 11) is 0. The van der Waals surface area contributed by atoms with E-state index < -0.39 is 6.10 Å². The monoisotopic (exact) mass is 311 g/mol. The first-order valence-corrected chi connectivity index (χ1v) is 8.29. The molecule has 2 rings (SSSR count). The Morgan fingerprint density at radius 2 is 1.86 bits per heavy atom. The molecule has 0 saturated carbocycles. The van der Waals surface area contributed by atoms with Crippen LogP contribution >= 0.6 is 11.8 Å². The van der Waals surface area contributed by atoms with Gasteiger partial charge in [0, 0.05) is 10.5 Å². The summed E-state index contributed by atoms with van der Waals surface area (Å²) in [6.45, 7) is 6.56. The van der Waals surface area contributed by atoms with Crippen LogP contribution < -0.4 is 0 Å². The van der Waals surface area contributed by atoms with Crippen LogP contribution in [0.2, 0.25) is 0 Å². The van der Waals surface area contributed by atoms with Gasteiger partial charge >= 0.3 is 0 Å². The van der Waals surface area contributed by atoms with Gasteiger partial charge in [0.1, 0.15) is 6.10 Å². The van der Waals surface area contributed by atoms with Crippen molar-refractivity contribution in [1.82, 2.24) is 0 Å². The minimum absolute atomic E-state index is 0.179. The first-order chi connectivity index (χ1) is 10.4. The Morgan fingerprint density at radius 1 is 1.14 bits per heavy atom. The van der Waals surface area contributed by atoms with Gasteiger partial charge in [0.2, 0.25) is 0 Å². The molecule has 0 amide bonds. The molecule has 3 heteroatoms. The van der Waals surface area contributed by atoms with E-state index in [1.807, 2.05) is 42.1 Å². The smallest absolute Gasteiger partial charge is 0.104 e. The molecule has 1 atom stereocenters. The second-order valence-electron chi connectivity index (χ2n) is 6.24. The zero-order valence-electron chi connectivity index (χ0n) is 13.2. The van der Waals surface area contributed by atoms with E-state index in [1.54, 1.807) is 12.1 Å². The number of rotatable bonds is 4. The van der Waals surface area contributed by atoms with Gasteiger partial charge in [-0.1, -0.05) is 57.2 Å². The number of hydrogen-bond acceptors (Lipinski definition) is 3. The molecule has 22 heavy (non-hydrogen) atoms. The van der Waals surface area contributed by atoms with Crippen LogP contribution in [0.25, 0.3) is 0 Å². The van der Waals surface area contributed by atoms with Gasteiger partial charge in [-0.05, 0) is 28.8 Å². The summed E-state index contributed by atoms with van der Waals surface area (Å²) in [4.78, 5) is 0. The molecule has 2 aromatic carbocycles. The molecule has 2 nitrogen and oxygen atoms in total. The molecule has 0 aliphatic rings. The maximum atomic E-state index is 10.7. The van der Waals surface area contributed by atoms with Crippen molar-refractivity contribution < 1.29 is 5.11 Å². The second kappa shape index (κ2) is 7.00. The number of nitrogens with zero attached hydrogens (tertiary/aromatic N) is 1. The fourth-order valence-electron chi connectivity index (χ4n) is 2.18. The minimum atomic E-state index is -0.704. The highest BCUT2D eigenvalue weighted by Crippen LogP contribution is 2.32. The van der Waals surface area contributed by atoms with Gasteiger partial charge in [0.25, 0.3) is 0 Å². The van der Waals surface area contributed by atoms with E-state index in [9.17, 15) is 5.11 Å². The molecule has 1 unspecified atom stereocenters. The topological polar surface area (TPSA) is 44.0 Å². The SMILES string of the molecule is CC(C)(C)SCc1ccccc1C(O)c1cccc(C#N)c1. The number of thioether (sulfide) groups is 1. The summed E-state index contributed by atoms with van der Waals surface area (Å²) >= 11 is 1.86. The molecule has 2 aromatic rings. The van der Waals surface area contributed by atoms with Crippen molar-refractivity contribution in [2.75, 3.05) is 0 Å². The van der Waals surface area contributed by atoms with Crippen LogP contribution in [0.3, 0.4) is 0 Å². The average molecular weight is 311 g/mol. The maximum absolute atomic E-state index is 10.7. The zero-order valence-corrected chi connectivity index (χ0v) is 14.0. The highest BCUT2D eigenvalue weighted by Gasteiger charge is 2.17. The van der Waals surface area contributed by atoms with E-state index in [2.05, 4.69) is 32.9 Å². The van der Waals surface area contributed by atoms with Gasteiger partial charge in [-0.2, -0.15) is 17.0 Å². The van der Waals surface area contributed by atoms with Crippen LogP contribution in [0, 0.1) is 11.3 Å². The lowest BCUT2D eigenvalue weighted by Gasteiger charge is -2.20. The van der Waals surface area contributed by atoms with Crippen LogP contribution in [-0.4, -0.2) is 9.85 Å². The van der Waals surface area contributed by atoms with Crippen molar-refractivity contribution in [3.8, 4) is 6.07 Å². The van der Waals surface area contributed by atoms with Crippen LogP contribution in [0.1, 0.15) is 49.1 Å². The first-order valence-electron chi connectivity index (χ1n) is 7.30. The van der Waals surface area contributed by atoms with Crippen LogP contribution in [0.15, 0.2) is 48.5 Å². The van der Waals surface area contributed by atoms with Gasteiger partial charge in [-0.3, -0.25) is 0 Å². The molecule has 0 bridgehead atoms. The van der Waals surface area contributed by atoms with Crippen molar-refractivity contribution >= 4 is 11.8 Å². The number of aliphatic hydroxyl groups is 1. The van der Waals surface area contributed by atoms with E-state index in [0.29, 0.717) is 5.56 Å². The lowest BCUT2D eigenvalue weighted by Crippen LogP contribution is -2.09. The molecule has 0 aromatic heterocycles. The van der Waals surface area contributed by atoms with E-state index in [0.717, 1.165) is 22.4 Å². The Bertz CT molecular complexity index is 682. The standard InChI is InChI=1S/C19H21NOS/c1-19(2,3)22-13-16-8-4-5-10-17(16)18(21)15-9-6-7-14(11-15)12-20/h4-11,18,21H,13H2,1-3H3. The Balaban J connectivity index is 2.29. The Kier molecular flexibility index (Phi) is 5.28. The van der Waals surface area contributed by atoms with E-state index in [-0.39, 0.29) is 4.75 Å². The van der Waals surface area contributed by atoms with Crippen molar-refractivity contribution in [3.63, 3.8) is 0 Å². The van der Waals surface area contributed by atoms with Gasteiger partial charge in [0.15, 0.2) is 0 Å². The average Bonchev–Trinajstić information content (AvgIpc) is 2.52. The Morgan fingerprint density at radius 3 is 2.55 bits per heavy atom. The fourth-order valence-corrected chi connectivity index (χ4v) is 3.04. The van der Waals surface area contributed by atoms with Crippen molar-refractivity contribution in [1.29, 1.82) is 5.26 Å². The third-order valence-corrected chi connectivity index (χ3v) is 4.66. The summed E-state index contributed by atoms with van der Waals surface area (Å²) in [5, 5.41) is 19.7. The largest absolute Gasteiger partial charge is 0.384 e. The second-order valence-corrected chi connectivity index (χ2v) is 8.04. The molecule has 0 aliphatic carbocycles. The summed E-state index contributed by atoms with van der Waals surface area (Å²) in [6, 6.07) is 17.2. The molecule has 0 fully saturated rings. The summed E-state index contributed by atoms with van der Waals surface area (Å²) in [5.41, 5.74) is 3.37. The normalized spacial score (nSPS) is 12.7. The molecular weight excluding hydrogens is 290 g/mol. The number of benzene rings is 2. The highest BCUT2D eigenvalue weighted by atomic mass is 32.2. The number of hydrogen-bond donors (Lipinski definition) is 1. The Hall–Kier alpha value is -1.76. The van der Waals surface area contributed by atoms with Gasteiger partial charge in [-0.15, -0.1) is 0 Å². The Labute approximate surface area is 136 Å². The van der Waals surface area contributed by atoms with Gasteiger partial charge in [-0.25, -0.2) is 0 Å². The van der Waals surface area contributed by atoms with Crippen LogP contribution in [0.4, 0.5) is 0 Å². The third-order valence-electron chi connectivity index (χ3n) is 3.34. The van der Waals surface area contributed by atoms with Crippen LogP contribution in [0.5, 0.6) is 0 Å². The molecule has 0 spiro atoms. The molecule has 1 N–H and O–H groups in total. The molecule has 0 aliphatic heterocycles.